The van der Waals surface area contributed by atoms with Gasteiger partial charge in [-0.25, -0.2) is 0 Å². The SMILES string of the molecule is COC1CCC2CC3C4C=CC(O)C5OC1C2C45CC[N+]3(C)C. The fourth-order valence-corrected chi connectivity index (χ4v) is 7.25. The maximum absolute atomic E-state index is 10.7. The van der Waals surface area contributed by atoms with Crippen LogP contribution in [0.4, 0.5) is 0 Å². The molecule has 23 heavy (non-hydrogen) atoms. The highest BCUT2D eigenvalue weighted by Gasteiger charge is 2.73. The Hall–Kier alpha value is -0.420. The zero-order chi connectivity index (χ0) is 16.0. The molecule has 128 valence electrons. The van der Waals surface area contributed by atoms with Crippen molar-refractivity contribution < 1.29 is 19.1 Å². The van der Waals surface area contributed by atoms with E-state index in [0.717, 1.165) is 16.8 Å². The van der Waals surface area contributed by atoms with E-state index in [1.165, 1.54) is 25.8 Å². The summed E-state index contributed by atoms with van der Waals surface area (Å²) in [5, 5.41) is 10.7. The summed E-state index contributed by atoms with van der Waals surface area (Å²) < 4.78 is 13.5. The zero-order valence-corrected chi connectivity index (χ0v) is 14.5. The highest BCUT2D eigenvalue weighted by Crippen LogP contribution is 2.67. The van der Waals surface area contributed by atoms with Crippen LogP contribution in [0.15, 0.2) is 12.2 Å². The number of aliphatic hydroxyl groups is 1. The molecule has 5 rings (SSSR count). The number of hydrogen-bond acceptors (Lipinski definition) is 3. The predicted molar refractivity (Wildman–Crippen MR) is 86.7 cm³/mol. The normalized spacial score (nSPS) is 58.8. The lowest BCUT2D eigenvalue weighted by atomic mass is 9.45. The lowest BCUT2D eigenvalue weighted by Gasteiger charge is -2.63. The summed E-state index contributed by atoms with van der Waals surface area (Å²) in [6, 6.07) is 0.678. The van der Waals surface area contributed by atoms with Crippen molar-refractivity contribution >= 4 is 0 Å². The molecule has 0 aromatic carbocycles. The van der Waals surface area contributed by atoms with Gasteiger partial charge in [0.25, 0.3) is 0 Å². The molecule has 0 amide bonds. The minimum absolute atomic E-state index is 0.0196. The Morgan fingerprint density at radius 1 is 1.26 bits per heavy atom. The maximum Gasteiger partial charge on any atom is 0.0988 e. The smallest absolute Gasteiger partial charge is 0.0988 e. The first-order valence-electron chi connectivity index (χ1n) is 9.36. The Bertz CT molecular complexity index is 547. The monoisotopic (exact) mass is 320 g/mol. The average Bonchev–Trinajstić information content (AvgIpc) is 2.88. The van der Waals surface area contributed by atoms with Crippen LogP contribution in [-0.4, -0.2) is 67.8 Å². The van der Waals surface area contributed by atoms with Crippen molar-refractivity contribution in [2.45, 2.75) is 56.1 Å². The lowest BCUT2D eigenvalue weighted by Crippen LogP contribution is -2.71. The second-order valence-corrected chi connectivity index (χ2v) is 9.23. The van der Waals surface area contributed by atoms with E-state index in [1.807, 2.05) is 13.2 Å². The average molecular weight is 320 g/mol. The quantitative estimate of drug-likeness (QED) is 0.589. The number of methoxy groups -OCH3 is 1. The van der Waals surface area contributed by atoms with Gasteiger partial charge in [0.15, 0.2) is 0 Å². The number of rotatable bonds is 1. The molecule has 2 bridgehead atoms. The summed E-state index contributed by atoms with van der Waals surface area (Å²) in [5.41, 5.74) is 0.150. The molecule has 4 heteroatoms. The second-order valence-electron chi connectivity index (χ2n) is 9.23. The molecule has 1 spiro atoms. The molecule has 4 nitrogen and oxygen atoms in total. The van der Waals surface area contributed by atoms with Crippen molar-refractivity contribution in [1.29, 1.82) is 0 Å². The molecular formula is C19H30NO3+. The van der Waals surface area contributed by atoms with E-state index in [1.54, 1.807) is 0 Å². The molecule has 4 fully saturated rings. The van der Waals surface area contributed by atoms with Crippen molar-refractivity contribution in [2.75, 3.05) is 27.7 Å². The Kier molecular flexibility index (Phi) is 2.98. The molecule has 3 aliphatic carbocycles. The maximum atomic E-state index is 10.7. The summed E-state index contributed by atoms with van der Waals surface area (Å²) in [6.45, 7) is 1.20. The third-order valence-corrected chi connectivity index (χ3v) is 8.23. The van der Waals surface area contributed by atoms with E-state index in [4.69, 9.17) is 9.47 Å². The van der Waals surface area contributed by atoms with Gasteiger partial charge in [0.2, 0.25) is 0 Å². The van der Waals surface area contributed by atoms with Gasteiger partial charge in [0.1, 0.15) is 0 Å². The van der Waals surface area contributed by atoms with E-state index in [-0.39, 0.29) is 23.7 Å². The van der Waals surface area contributed by atoms with Gasteiger partial charge in [0, 0.05) is 31.3 Å². The highest BCUT2D eigenvalue weighted by molar-refractivity contribution is 5.25. The van der Waals surface area contributed by atoms with E-state index in [9.17, 15) is 5.11 Å². The molecule has 2 saturated carbocycles. The van der Waals surface area contributed by atoms with Gasteiger partial charge < -0.3 is 19.1 Å². The van der Waals surface area contributed by atoms with Crippen molar-refractivity contribution in [2.24, 2.45) is 23.2 Å². The molecule has 0 radical (unpaired) electrons. The number of likely N-dealkylation sites (tertiary alicyclic amines) is 1. The topological polar surface area (TPSA) is 38.7 Å². The van der Waals surface area contributed by atoms with Gasteiger partial charge in [-0.3, -0.25) is 0 Å². The van der Waals surface area contributed by atoms with E-state index in [0.29, 0.717) is 17.9 Å². The highest BCUT2D eigenvalue weighted by atomic mass is 16.6. The van der Waals surface area contributed by atoms with Crippen LogP contribution >= 0.6 is 0 Å². The summed E-state index contributed by atoms with van der Waals surface area (Å²) in [6.07, 6.45) is 9.18. The standard InChI is InChI=1S/C19H30NO3/c1-20(2)9-8-19-12-5-6-14(21)18(19)23-17-15(22-3)7-4-11(16(17)19)10-13(12)20/h5-6,11-18,21H,4,7-10H2,1-3H3/q+1. The Morgan fingerprint density at radius 3 is 2.87 bits per heavy atom. The molecule has 0 aromatic heterocycles. The van der Waals surface area contributed by atoms with Crippen LogP contribution in [0.1, 0.15) is 25.7 Å². The summed E-state index contributed by atoms with van der Waals surface area (Å²) in [7, 11) is 6.63. The minimum atomic E-state index is -0.442. The van der Waals surface area contributed by atoms with Gasteiger partial charge >= 0.3 is 0 Å². The van der Waals surface area contributed by atoms with Crippen molar-refractivity contribution in [3.63, 3.8) is 0 Å². The summed E-state index contributed by atoms with van der Waals surface area (Å²) >= 11 is 0. The molecule has 2 heterocycles. The summed E-state index contributed by atoms with van der Waals surface area (Å²) in [4.78, 5) is 0. The van der Waals surface area contributed by atoms with Crippen molar-refractivity contribution in [3.05, 3.63) is 12.2 Å². The van der Waals surface area contributed by atoms with Gasteiger partial charge in [0.05, 0.1) is 51.1 Å². The van der Waals surface area contributed by atoms with Crippen molar-refractivity contribution in [1.82, 2.24) is 0 Å². The number of aliphatic hydroxyl groups excluding tert-OH is 1. The van der Waals surface area contributed by atoms with E-state index >= 15 is 0 Å². The van der Waals surface area contributed by atoms with Crippen LogP contribution in [-0.2, 0) is 9.47 Å². The van der Waals surface area contributed by atoms with Crippen LogP contribution in [0.2, 0.25) is 0 Å². The first-order valence-corrected chi connectivity index (χ1v) is 9.36. The Labute approximate surface area is 139 Å². The molecular weight excluding hydrogens is 290 g/mol. The third kappa shape index (κ3) is 1.66. The Morgan fingerprint density at radius 2 is 2.09 bits per heavy atom. The van der Waals surface area contributed by atoms with Gasteiger partial charge in [-0.2, -0.15) is 0 Å². The lowest BCUT2D eigenvalue weighted by molar-refractivity contribution is -0.929. The number of ether oxygens (including phenoxy) is 2. The van der Waals surface area contributed by atoms with Crippen molar-refractivity contribution in [3.8, 4) is 0 Å². The molecule has 1 N–H and O–H groups in total. The predicted octanol–water partition coefficient (Wildman–Crippen LogP) is 1.58. The summed E-state index contributed by atoms with van der Waals surface area (Å²) in [5.74, 6) is 1.88. The number of hydrogen-bond donors (Lipinski definition) is 1. The molecule has 0 aromatic rings. The third-order valence-electron chi connectivity index (χ3n) is 8.23. The van der Waals surface area contributed by atoms with Crippen LogP contribution in [0, 0.1) is 23.2 Å². The zero-order valence-electron chi connectivity index (χ0n) is 14.5. The minimum Gasteiger partial charge on any atom is -0.386 e. The molecule has 5 aliphatic rings. The first-order chi connectivity index (χ1) is 11.0. The van der Waals surface area contributed by atoms with Crippen LogP contribution in [0.25, 0.3) is 0 Å². The number of quaternary nitrogens is 1. The Balaban J connectivity index is 1.66. The fourth-order valence-electron chi connectivity index (χ4n) is 7.25. The van der Waals surface area contributed by atoms with Crippen LogP contribution < -0.4 is 0 Å². The molecule has 2 saturated heterocycles. The van der Waals surface area contributed by atoms with E-state index < -0.39 is 6.10 Å². The molecule has 9 atom stereocenters. The molecule has 2 aliphatic heterocycles. The number of piperidine rings is 1. The van der Waals surface area contributed by atoms with Gasteiger partial charge in [-0.15, -0.1) is 0 Å². The first kappa shape index (κ1) is 14.9. The largest absolute Gasteiger partial charge is 0.386 e. The number of nitrogens with zero attached hydrogens (tertiary/aromatic N) is 1. The van der Waals surface area contributed by atoms with Gasteiger partial charge in [-0.05, 0) is 24.7 Å². The fraction of sp³-hybridized carbons (Fsp3) is 0.895. The van der Waals surface area contributed by atoms with E-state index in [2.05, 4.69) is 20.2 Å². The van der Waals surface area contributed by atoms with Gasteiger partial charge in [-0.1, -0.05) is 12.2 Å². The van der Waals surface area contributed by atoms with Crippen LogP contribution in [0.5, 0.6) is 0 Å². The van der Waals surface area contributed by atoms with Crippen LogP contribution in [0.3, 0.4) is 0 Å². The second kappa shape index (κ2) is 4.60. The molecule has 9 unspecified atom stereocenters.